The summed E-state index contributed by atoms with van der Waals surface area (Å²) in [5, 5.41) is 12.3. The fourth-order valence-electron chi connectivity index (χ4n) is 4.74. The zero-order valence-electron chi connectivity index (χ0n) is 14.9. The number of fused-ring (bicyclic) bond motifs is 2. The molecule has 0 bridgehead atoms. The quantitative estimate of drug-likeness (QED) is 0.714. The lowest BCUT2D eigenvalue weighted by Gasteiger charge is -2.45. The van der Waals surface area contributed by atoms with Crippen LogP contribution in [0.1, 0.15) is 23.5 Å². The first-order valence-corrected chi connectivity index (χ1v) is 9.57. The Morgan fingerprint density at radius 3 is 3.00 bits per heavy atom. The number of likely N-dealkylation sites (tertiary alicyclic amines) is 1. The van der Waals surface area contributed by atoms with Crippen molar-refractivity contribution < 1.29 is 4.79 Å². The van der Waals surface area contributed by atoms with Crippen LogP contribution >= 0.6 is 11.6 Å². The number of rotatable bonds is 2. The summed E-state index contributed by atoms with van der Waals surface area (Å²) in [6.45, 7) is 0.740. The number of H-pyrrole nitrogens is 1. The van der Waals surface area contributed by atoms with E-state index in [0.717, 1.165) is 19.4 Å². The van der Waals surface area contributed by atoms with Crippen molar-refractivity contribution in [2.45, 2.75) is 24.8 Å². The van der Waals surface area contributed by atoms with Gasteiger partial charge in [-0.25, -0.2) is 0 Å². The molecule has 138 valence electrons. The van der Waals surface area contributed by atoms with Crippen LogP contribution in [-0.2, 0) is 11.2 Å². The molecule has 0 radical (unpaired) electrons. The zero-order chi connectivity index (χ0) is 18.5. The second-order valence-corrected chi connectivity index (χ2v) is 7.95. The topological polar surface area (TPSA) is 73.9 Å². The fraction of sp³-hybridized carbons (Fsp3) is 0.350. The highest BCUT2D eigenvalue weighted by Gasteiger charge is 2.41. The average Bonchev–Trinajstić information content (AvgIpc) is 3.09. The number of amides is 1. The Labute approximate surface area is 161 Å². The molecule has 1 saturated heterocycles. The number of nitrogens with one attached hydrogen (secondary N) is 2. The summed E-state index contributed by atoms with van der Waals surface area (Å²) >= 11 is 5.77. The van der Waals surface area contributed by atoms with Gasteiger partial charge in [0.15, 0.2) is 11.0 Å². The standard InChI is InChI=1S/C20H20ClN5O/c1-26-10-12(20(27)23-18-6-5-17(21)24-25-18)7-14-13-3-2-4-15-19(13)11(9-22-15)8-16(14)26/h2-6,9,12,14,16,22H,7-8,10H2,1H3,(H,23,25,27)/t12-,14?,16+/m0/s1. The molecule has 0 spiro atoms. The van der Waals surface area contributed by atoms with E-state index >= 15 is 0 Å². The molecular formula is C20H20ClN5O. The van der Waals surface area contributed by atoms with Gasteiger partial charge in [-0.2, -0.15) is 0 Å². The van der Waals surface area contributed by atoms with E-state index in [9.17, 15) is 4.79 Å². The van der Waals surface area contributed by atoms with E-state index < -0.39 is 0 Å². The first-order chi connectivity index (χ1) is 13.1. The summed E-state index contributed by atoms with van der Waals surface area (Å²) in [4.78, 5) is 18.6. The molecule has 1 aromatic carbocycles. The van der Waals surface area contributed by atoms with Gasteiger partial charge < -0.3 is 15.2 Å². The molecule has 1 aliphatic heterocycles. The molecule has 1 aliphatic carbocycles. The Kier molecular flexibility index (Phi) is 3.91. The molecule has 3 heterocycles. The van der Waals surface area contributed by atoms with Gasteiger partial charge in [-0.1, -0.05) is 23.7 Å². The molecule has 1 amide bonds. The van der Waals surface area contributed by atoms with Crippen LogP contribution in [0.3, 0.4) is 0 Å². The van der Waals surface area contributed by atoms with Crippen LogP contribution < -0.4 is 5.32 Å². The average molecular weight is 382 g/mol. The Morgan fingerprint density at radius 2 is 2.19 bits per heavy atom. The Hall–Kier alpha value is -2.44. The first kappa shape index (κ1) is 16.7. The van der Waals surface area contributed by atoms with Gasteiger partial charge in [0.05, 0.1) is 5.92 Å². The second-order valence-electron chi connectivity index (χ2n) is 7.56. The Balaban J connectivity index is 1.42. The maximum Gasteiger partial charge on any atom is 0.230 e. The number of halogens is 1. The molecule has 7 heteroatoms. The third kappa shape index (κ3) is 2.80. The van der Waals surface area contributed by atoms with Crippen LogP contribution in [0.15, 0.2) is 36.5 Å². The number of hydrogen-bond acceptors (Lipinski definition) is 4. The van der Waals surface area contributed by atoms with E-state index in [-0.39, 0.29) is 11.8 Å². The maximum absolute atomic E-state index is 12.9. The summed E-state index contributed by atoms with van der Waals surface area (Å²) in [7, 11) is 2.12. The number of nitrogens with zero attached hydrogens (tertiary/aromatic N) is 3. The van der Waals surface area contributed by atoms with Crippen molar-refractivity contribution in [3.05, 3.63) is 52.8 Å². The molecule has 1 fully saturated rings. The summed E-state index contributed by atoms with van der Waals surface area (Å²) in [5.74, 6) is 0.684. The van der Waals surface area contributed by atoms with Gasteiger partial charge in [-0.15, -0.1) is 10.2 Å². The Bertz CT molecular complexity index is 1010. The zero-order valence-corrected chi connectivity index (χ0v) is 15.7. The van der Waals surface area contributed by atoms with Crippen LogP contribution in [0.25, 0.3) is 10.9 Å². The highest BCUT2D eigenvalue weighted by atomic mass is 35.5. The van der Waals surface area contributed by atoms with E-state index in [2.05, 4.69) is 56.8 Å². The minimum atomic E-state index is -0.0931. The van der Waals surface area contributed by atoms with Gasteiger partial charge in [-0.3, -0.25) is 4.79 Å². The van der Waals surface area contributed by atoms with Crippen molar-refractivity contribution in [3.8, 4) is 0 Å². The fourth-order valence-corrected chi connectivity index (χ4v) is 4.84. The molecule has 6 nitrogen and oxygen atoms in total. The normalized spacial score (nSPS) is 24.6. The van der Waals surface area contributed by atoms with Crippen molar-refractivity contribution in [3.63, 3.8) is 0 Å². The number of piperidine rings is 1. The molecule has 5 rings (SSSR count). The predicted octanol–water partition coefficient (Wildman–Crippen LogP) is 3.21. The third-order valence-corrected chi connectivity index (χ3v) is 6.18. The molecule has 2 N–H and O–H groups in total. The van der Waals surface area contributed by atoms with E-state index in [1.807, 2.05) is 0 Å². The number of carbonyl (C=O) groups is 1. The predicted molar refractivity (Wildman–Crippen MR) is 105 cm³/mol. The third-order valence-electron chi connectivity index (χ3n) is 5.98. The number of likely N-dealkylation sites (N-methyl/N-ethyl adjacent to an activating group) is 1. The molecule has 1 unspecified atom stereocenters. The highest BCUT2D eigenvalue weighted by molar-refractivity contribution is 6.29. The van der Waals surface area contributed by atoms with Gasteiger partial charge in [0.25, 0.3) is 0 Å². The second kappa shape index (κ2) is 6.32. The molecule has 3 atom stereocenters. The van der Waals surface area contributed by atoms with E-state index in [1.54, 1.807) is 12.1 Å². The SMILES string of the molecule is CN1C[C@@H](C(=O)Nc2ccc(Cl)nn2)CC2c3cccc4[nH]cc(c34)C[C@H]21. The summed E-state index contributed by atoms with van der Waals surface area (Å²) in [6.07, 6.45) is 4.00. The first-order valence-electron chi connectivity index (χ1n) is 9.19. The van der Waals surface area contributed by atoms with Crippen molar-refractivity contribution in [2.24, 2.45) is 5.92 Å². The summed E-state index contributed by atoms with van der Waals surface area (Å²) < 4.78 is 0. The van der Waals surface area contributed by atoms with Crippen LogP contribution in [-0.4, -0.2) is 45.6 Å². The number of benzene rings is 1. The van der Waals surface area contributed by atoms with Crippen LogP contribution in [0.4, 0.5) is 5.82 Å². The van der Waals surface area contributed by atoms with E-state index in [1.165, 1.54) is 22.0 Å². The number of carbonyl (C=O) groups excluding carboxylic acids is 1. The monoisotopic (exact) mass is 381 g/mol. The molecule has 27 heavy (non-hydrogen) atoms. The van der Waals surface area contributed by atoms with Gasteiger partial charge >= 0.3 is 0 Å². The van der Waals surface area contributed by atoms with Crippen LogP contribution in [0.2, 0.25) is 5.15 Å². The lowest BCUT2D eigenvalue weighted by molar-refractivity contribution is -0.122. The summed E-state index contributed by atoms with van der Waals surface area (Å²) in [5.41, 5.74) is 3.93. The minimum Gasteiger partial charge on any atom is -0.361 e. The van der Waals surface area contributed by atoms with Crippen molar-refractivity contribution >= 4 is 34.2 Å². The maximum atomic E-state index is 12.9. The minimum absolute atomic E-state index is 0.0102. The van der Waals surface area contributed by atoms with E-state index in [4.69, 9.17) is 11.6 Å². The largest absolute Gasteiger partial charge is 0.361 e. The van der Waals surface area contributed by atoms with Gasteiger partial charge in [-0.05, 0) is 49.2 Å². The van der Waals surface area contributed by atoms with Crippen molar-refractivity contribution in [1.29, 1.82) is 0 Å². The molecular weight excluding hydrogens is 362 g/mol. The van der Waals surface area contributed by atoms with Gasteiger partial charge in [0.1, 0.15) is 0 Å². The smallest absolute Gasteiger partial charge is 0.230 e. The molecule has 2 aliphatic rings. The van der Waals surface area contributed by atoms with Gasteiger partial charge in [0, 0.05) is 35.6 Å². The van der Waals surface area contributed by atoms with Crippen molar-refractivity contribution in [1.82, 2.24) is 20.1 Å². The molecule has 2 aromatic heterocycles. The highest BCUT2D eigenvalue weighted by Crippen LogP contribution is 2.44. The lowest BCUT2D eigenvalue weighted by atomic mass is 9.72. The van der Waals surface area contributed by atoms with Crippen LogP contribution in [0.5, 0.6) is 0 Å². The van der Waals surface area contributed by atoms with Gasteiger partial charge in [0.2, 0.25) is 5.91 Å². The van der Waals surface area contributed by atoms with Crippen molar-refractivity contribution in [2.75, 3.05) is 18.9 Å². The number of aromatic nitrogens is 3. The lowest BCUT2D eigenvalue weighted by Crippen LogP contribution is -2.50. The van der Waals surface area contributed by atoms with E-state index in [0.29, 0.717) is 22.9 Å². The molecule has 0 saturated carbocycles. The van der Waals surface area contributed by atoms with Crippen LogP contribution in [0, 0.1) is 5.92 Å². The number of aromatic amines is 1. The summed E-state index contributed by atoms with van der Waals surface area (Å²) in [6, 6.07) is 10.2. The molecule has 3 aromatic rings. The Morgan fingerprint density at radius 1 is 1.30 bits per heavy atom. The number of hydrogen-bond donors (Lipinski definition) is 2. The number of anilines is 1.